The molecule has 0 fully saturated rings. The van der Waals surface area contributed by atoms with Crippen molar-refractivity contribution in [1.29, 1.82) is 0 Å². The Bertz CT molecular complexity index is 418. The molecule has 6 heteroatoms. The number of hydrogen-bond acceptors (Lipinski definition) is 4. The molecule has 0 atom stereocenters. The van der Waals surface area contributed by atoms with E-state index in [2.05, 4.69) is 10.1 Å². The van der Waals surface area contributed by atoms with E-state index in [0.29, 0.717) is 12.4 Å². The number of fused-ring (bicyclic) bond motifs is 1. The number of carbonyl (C=O) groups is 1. The maximum absolute atomic E-state index is 10.6. The SMILES string of the molecule is CC1=Nc2c(N)c(C(=O)O)nn2C1. The number of anilines is 1. The van der Waals surface area contributed by atoms with E-state index >= 15 is 0 Å². The molecule has 2 rings (SSSR count). The van der Waals surface area contributed by atoms with Crippen molar-refractivity contribution in [3.63, 3.8) is 0 Å². The number of hydrogen-bond donors (Lipinski definition) is 2. The zero-order valence-corrected chi connectivity index (χ0v) is 6.98. The molecule has 3 N–H and O–H groups in total. The molecule has 0 aliphatic carbocycles. The average Bonchev–Trinajstić information content (AvgIpc) is 2.51. The van der Waals surface area contributed by atoms with Gasteiger partial charge < -0.3 is 10.8 Å². The third-order valence-electron chi connectivity index (χ3n) is 1.84. The van der Waals surface area contributed by atoms with Crippen LogP contribution in [0, 0.1) is 0 Å². The molecule has 0 saturated heterocycles. The van der Waals surface area contributed by atoms with E-state index in [4.69, 9.17) is 10.8 Å². The second-order valence-corrected chi connectivity index (χ2v) is 2.90. The molecule has 1 aliphatic rings. The van der Waals surface area contributed by atoms with Gasteiger partial charge in [-0.1, -0.05) is 0 Å². The minimum Gasteiger partial charge on any atom is -0.476 e. The summed E-state index contributed by atoms with van der Waals surface area (Å²) in [6.07, 6.45) is 0. The van der Waals surface area contributed by atoms with Crippen LogP contribution < -0.4 is 5.73 Å². The first-order valence-corrected chi connectivity index (χ1v) is 3.73. The fourth-order valence-corrected chi connectivity index (χ4v) is 1.29. The van der Waals surface area contributed by atoms with Gasteiger partial charge in [-0.05, 0) is 6.92 Å². The molecule has 1 aromatic heterocycles. The lowest BCUT2D eigenvalue weighted by atomic mass is 10.3. The van der Waals surface area contributed by atoms with Gasteiger partial charge >= 0.3 is 5.97 Å². The van der Waals surface area contributed by atoms with Crippen molar-refractivity contribution >= 4 is 23.2 Å². The van der Waals surface area contributed by atoms with Crippen LogP contribution in [-0.4, -0.2) is 26.6 Å². The van der Waals surface area contributed by atoms with Gasteiger partial charge in [-0.3, -0.25) is 0 Å². The molecule has 1 aromatic rings. The first kappa shape index (κ1) is 7.78. The molecule has 0 radical (unpaired) electrons. The summed E-state index contributed by atoms with van der Waals surface area (Å²) in [5, 5.41) is 12.5. The molecule has 0 unspecified atom stereocenters. The lowest BCUT2D eigenvalue weighted by Crippen LogP contribution is -2.05. The zero-order chi connectivity index (χ0) is 9.59. The van der Waals surface area contributed by atoms with Crippen molar-refractivity contribution in [2.24, 2.45) is 4.99 Å². The molecule has 0 spiro atoms. The summed E-state index contributed by atoms with van der Waals surface area (Å²) in [5.41, 5.74) is 6.45. The Morgan fingerprint density at radius 3 is 2.92 bits per heavy atom. The van der Waals surface area contributed by atoms with Crippen molar-refractivity contribution < 1.29 is 9.90 Å². The maximum atomic E-state index is 10.6. The van der Waals surface area contributed by atoms with Crippen LogP contribution >= 0.6 is 0 Å². The normalized spacial score (nSPS) is 14.1. The largest absolute Gasteiger partial charge is 0.476 e. The quantitative estimate of drug-likeness (QED) is 0.648. The Morgan fingerprint density at radius 1 is 1.69 bits per heavy atom. The highest BCUT2D eigenvalue weighted by Crippen LogP contribution is 2.29. The van der Waals surface area contributed by atoms with Crippen molar-refractivity contribution in [3.8, 4) is 0 Å². The molecule has 2 heterocycles. The molecule has 13 heavy (non-hydrogen) atoms. The standard InChI is InChI=1S/C7H8N4O2/c1-3-2-11-6(9-3)4(8)5(10-11)7(12)13/h2,8H2,1H3,(H,12,13). The van der Waals surface area contributed by atoms with Crippen LogP contribution in [0.4, 0.5) is 11.5 Å². The van der Waals surface area contributed by atoms with Crippen molar-refractivity contribution in [1.82, 2.24) is 9.78 Å². The van der Waals surface area contributed by atoms with E-state index in [1.165, 1.54) is 4.68 Å². The topological polar surface area (TPSA) is 93.5 Å². The lowest BCUT2D eigenvalue weighted by Gasteiger charge is -1.90. The lowest BCUT2D eigenvalue weighted by molar-refractivity contribution is 0.0690. The summed E-state index contributed by atoms with van der Waals surface area (Å²) in [6, 6.07) is 0. The number of nitrogens with zero attached hydrogens (tertiary/aromatic N) is 3. The minimum absolute atomic E-state index is 0.119. The van der Waals surface area contributed by atoms with Crippen LogP contribution in [0.25, 0.3) is 0 Å². The summed E-state index contributed by atoms with van der Waals surface area (Å²) in [5.74, 6) is -0.665. The number of aromatic carboxylic acids is 1. The van der Waals surface area contributed by atoms with Crippen LogP contribution in [0.5, 0.6) is 0 Å². The van der Waals surface area contributed by atoms with E-state index in [0.717, 1.165) is 5.71 Å². The Balaban J connectivity index is 2.57. The summed E-state index contributed by atoms with van der Waals surface area (Å²) in [7, 11) is 0. The number of aliphatic imine (C=N–C) groups is 1. The highest BCUT2D eigenvalue weighted by molar-refractivity contribution is 5.97. The van der Waals surface area contributed by atoms with E-state index in [1.54, 1.807) is 0 Å². The number of nitrogens with two attached hydrogens (primary N) is 1. The van der Waals surface area contributed by atoms with Gasteiger partial charge in [0.1, 0.15) is 5.69 Å². The third kappa shape index (κ3) is 0.986. The van der Waals surface area contributed by atoms with E-state index < -0.39 is 5.97 Å². The van der Waals surface area contributed by atoms with Crippen LogP contribution in [0.1, 0.15) is 17.4 Å². The van der Waals surface area contributed by atoms with E-state index in [9.17, 15) is 4.79 Å². The summed E-state index contributed by atoms with van der Waals surface area (Å²) < 4.78 is 1.49. The van der Waals surface area contributed by atoms with Gasteiger partial charge in [0.25, 0.3) is 0 Å². The molecular formula is C7H8N4O2. The Kier molecular flexibility index (Phi) is 1.39. The molecule has 1 aliphatic heterocycles. The molecule has 6 nitrogen and oxygen atoms in total. The number of nitrogen functional groups attached to an aromatic ring is 1. The van der Waals surface area contributed by atoms with Gasteiger partial charge in [0, 0.05) is 5.71 Å². The molecule has 68 valence electrons. The molecule has 0 saturated carbocycles. The van der Waals surface area contributed by atoms with Gasteiger partial charge in [-0.25, -0.2) is 14.5 Å². The van der Waals surface area contributed by atoms with Gasteiger partial charge in [-0.15, -0.1) is 0 Å². The number of carboxylic acid groups (broad SMARTS) is 1. The Labute approximate surface area is 73.7 Å². The number of aromatic nitrogens is 2. The van der Waals surface area contributed by atoms with Gasteiger partial charge in [0.05, 0.1) is 6.54 Å². The van der Waals surface area contributed by atoms with Crippen molar-refractivity contribution in [3.05, 3.63) is 5.69 Å². The van der Waals surface area contributed by atoms with Crippen molar-refractivity contribution in [2.45, 2.75) is 13.5 Å². The minimum atomic E-state index is -1.12. The second-order valence-electron chi connectivity index (χ2n) is 2.90. The number of rotatable bonds is 1. The van der Waals surface area contributed by atoms with Crippen molar-refractivity contribution in [2.75, 3.05) is 5.73 Å². The summed E-state index contributed by atoms with van der Waals surface area (Å²) in [6.45, 7) is 2.36. The maximum Gasteiger partial charge on any atom is 0.358 e. The van der Waals surface area contributed by atoms with E-state index in [1.807, 2.05) is 6.92 Å². The van der Waals surface area contributed by atoms with Crippen LogP contribution in [0.15, 0.2) is 4.99 Å². The van der Waals surface area contributed by atoms with Gasteiger partial charge in [0.2, 0.25) is 0 Å². The van der Waals surface area contributed by atoms with Crippen LogP contribution in [0.2, 0.25) is 0 Å². The zero-order valence-electron chi connectivity index (χ0n) is 6.98. The monoisotopic (exact) mass is 180 g/mol. The average molecular weight is 180 g/mol. The third-order valence-corrected chi connectivity index (χ3v) is 1.84. The number of carboxylic acids is 1. The first-order chi connectivity index (χ1) is 6.09. The molecule has 0 aromatic carbocycles. The predicted octanol–water partition coefficient (Wildman–Crippen LogP) is 0.269. The van der Waals surface area contributed by atoms with Crippen LogP contribution in [0.3, 0.4) is 0 Å². The van der Waals surface area contributed by atoms with E-state index in [-0.39, 0.29) is 11.4 Å². The summed E-state index contributed by atoms with van der Waals surface area (Å²) in [4.78, 5) is 14.7. The summed E-state index contributed by atoms with van der Waals surface area (Å²) >= 11 is 0. The predicted molar refractivity (Wildman–Crippen MR) is 46.4 cm³/mol. The van der Waals surface area contributed by atoms with Crippen LogP contribution in [-0.2, 0) is 6.54 Å². The highest BCUT2D eigenvalue weighted by Gasteiger charge is 2.23. The van der Waals surface area contributed by atoms with Gasteiger partial charge in [0.15, 0.2) is 11.5 Å². The first-order valence-electron chi connectivity index (χ1n) is 3.73. The Morgan fingerprint density at radius 2 is 2.38 bits per heavy atom. The Hall–Kier alpha value is -1.85. The fourth-order valence-electron chi connectivity index (χ4n) is 1.29. The molecule has 0 bridgehead atoms. The smallest absolute Gasteiger partial charge is 0.358 e. The molecule has 0 amide bonds. The molecular weight excluding hydrogens is 172 g/mol. The fraction of sp³-hybridized carbons (Fsp3) is 0.286. The van der Waals surface area contributed by atoms with Gasteiger partial charge in [-0.2, -0.15) is 5.10 Å². The second kappa shape index (κ2) is 2.32. The highest BCUT2D eigenvalue weighted by atomic mass is 16.4.